The van der Waals surface area contributed by atoms with Gasteiger partial charge in [0.15, 0.2) is 5.96 Å². The fraction of sp³-hybridized carbons (Fsp3) is 0.533. The molecule has 0 bridgehead atoms. The van der Waals surface area contributed by atoms with E-state index in [0.717, 1.165) is 31.6 Å². The van der Waals surface area contributed by atoms with Crippen molar-refractivity contribution in [2.24, 2.45) is 28.9 Å². The minimum atomic E-state index is -1.81. The van der Waals surface area contributed by atoms with Crippen molar-refractivity contribution in [2.45, 2.75) is 241 Å². The molecule has 0 saturated carbocycles. The van der Waals surface area contributed by atoms with E-state index in [1.807, 2.05) is 37.4 Å². The molecule has 3 aromatic heterocycles. The van der Waals surface area contributed by atoms with Crippen LogP contribution in [0.2, 0.25) is 0 Å². The lowest BCUT2D eigenvalue weighted by atomic mass is 10.00. The molecule has 6 heterocycles. The number of amides is 17. The highest BCUT2D eigenvalue weighted by Gasteiger charge is 2.48. The molecule has 3 aromatic carbocycles. The van der Waals surface area contributed by atoms with Gasteiger partial charge in [-0.1, -0.05) is 102 Å². The van der Waals surface area contributed by atoms with Crippen LogP contribution in [-0.4, -0.2) is 311 Å². The topological polar surface area (TPSA) is 660 Å². The molecule has 17 amide bonds. The van der Waals surface area contributed by atoms with Gasteiger partial charge in [0.2, 0.25) is 100 Å². The highest BCUT2D eigenvalue weighted by molar-refractivity contribution is 7.99. The quantitative estimate of drug-likeness (QED) is 0.0115. The number of H-pyrrole nitrogens is 2. The number of aromatic nitrogens is 3. The maximum absolute atomic E-state index is 15.5. The van der Waals surface area contributed by atoms with Crippen LogP contribution in [0.5, 0.6) is 5.75 Å². The van der Waals surface area contributed by atoms with E-state index in [4.69, 9.17) is 28.3 Å². The molecule has 3 aliphatic rings. The SMILES string of the molecule is CCCC[C@@H](C(=O)N(C)[C@@H](CCCC)C(=O)N[C@@H](CCCNC(=N)N)C(N)=O)N(C)C(=O)[C@H](Cc1csc2ccccc12)NC(=O)[C@H](CO)NC(=O)[C@H](Cc1c[nH]c2ccccc12)NC(=O)[C@@H]1CCCN1C(=O)[C@H](CC(C)C)NC(=O)[C@H](Cc1cnc[nH]1)NC(=O)[C@@H]1CCCN1C(=O)[C@H](CC(N)=O)NC(=O)[C@@H]1[C@@H](O)CCN1C(=O)[C@H](Cc1ccc(O)cc1)NC(=O)CSCCC(=O)NCC(N)=O. The van der Waals surface area contributed by atoms with E-state index < -0.39 is 198 Å². The molecule has 0 unspecified atom stereocenters. The number of primary amides is 3. The number of aliphatic hydroxyl groups excluding tert-OH is 2. The van der Waals surface area contributed by atoms with Crippen LogP contribution in [-0.2, 0) is 107 Å². The Morgan fingerprint density at radius 3 is 1.76 bits per heavy atom. The number of thiophene rings is 1. The number of fused-ring (bicyclic) bond motifs is 2. The second kappa shape index (κ2) is 52.1. The summed E-state index contributed by atoms with van der Waals surface area (Å²) < 4.78 is 0.854. The average Bonchev–Trinajstić information content (AvgIpc) is 1.73. The Labute approximate surface area is 800 Å². The summed E-state index contributed by atoms with van der Waals surface area (Å²) in [5, 5.41) is 70.1. The number of carbonyl (C=O) groups excluding carboxylic acids is 17. The van der Waals surface area contributed by atoms with E-state index in [-0.39, 0.29) is 152 Å². The van der Waals surface area contributed by atoms with Crippen molar-refractivity contribution in [3.05, 3.63) is 119 Å². The number of nitrogens with two attached hydrogens (primary N) is 4. The molecule has 0 aliphatic carbocycles. The standard InChI is InChI=1S/C92H129N23O20S2/c1-7-9-22-68(83(127)104-60(79(95)123)21-15-33-99-92(96)97)111(5)91(135)71(23-10-8-2)112(6)87(131)65(41-54-48-137-73-26-14-12-19-58(54)73)108-82(126)67(47-116)110-80(124)61(40-53-44-100-59-20-13-11-18-57(53)59)105-84(128)69-24-16-34-113(69)88(132)63(38-51(3)4)107-81(125)62(42-55-45-98-50-102-55)106-85(129)70-25-17-35-114(70)89(133)66(43-74(93)119)109-86(130)78-72(118)31-36-115(78)90(134)64(39-52-27-29-56(117)30-28-52)103-77(122)49-136-37-32-76(121)101-46-75(94)120/h11-14,18-20,26-30,44-45,48,50-51,60-72,78,100,116-118H,7-10,15-17,21-25,31-43,46-47,49H2,1-6H3,(H2,93,119)(H2,94,120)(H2,95,123)(H,98,102)(H,101,121)(H,103,122)(H,104,127)(H,105,128)(H,106,129)(H,107,125)(H,108,126)(H,109,130)(H,110,124)(H4,96,97,99)/t60-,61-,62-,63-,64-,65-,66-,67-,68-,69-,70-,71-,72-,78-/m0/s1. The number of aromatic hydroxyl groups is 1. The molecule has 43 nitrogen and oxygen atoms in total. The zero-order chi connectivity index (χ0) is 99.9. The van der Waals surface area contributed by atoms with Crippen LogP contribution in [0, 0.1) is 11.3 Å². The van der Waals surface area contributed by atoms with E-state index in [1.54, 1.807) is 50.4 Å². The molecule has 137 heavy (non-hydrogen) atoms. The van der Waals surface area contributed by atoms with Gasteiger partial charge in [0.1, 0.15) is 84.3 Å². The maximum atomic E-state index is 15.5. The first-order chi connectivity index (χ1) is 65.4. The number of likely N-dealkylation sites (N-methyl/N-ethyl adjacent to an activating group) is 2. The zero-order valence-corrected chi connectivity index (χ0v) is 79.4. The van der Waals surface area contributed by atoms with E-state index in [9.17, 15) is 63.3 Å². The third-order valence-electron chi connectivity index (χ3n) is 24.4. The number of nitrogens with one attached hydrogen (secondary N) is 13. The molecule has 14 atom stereocenters. The Balaban J connectivity index is 0.906. The van der Waals surface area contributed by atoms with E-state index in [2.05, 4.69) is 68.1 Å². The normalized spacial score (nSPS) is 17.4. The number of thioether (sulfide) groups is 1. The molecular weight excluding hydrogens is 1810 g/mol. The number of phenols is 1. The summed E-state index contributed by atoms with van der Waals surface area (Å²) >= 11 is 2.42. The fourth-order valence-electron chi connectivity index (χ4n) is 17.2. The second-order valence-corrected chi connectivity index (χ2v) is 37.1. The predicted molar refractivity (Wildman–Crippen MR) is 508 cm³/mol. The van der Waals surface area contributed by atoms with Crippen molar-refractivity contribution in [3.63, 3.8) is 0 Å². The van der Waals surface area contributed by atoms with Crippen LogP contribution in [0.15, 0.2) is 96.9 Å². The molecule has 744 valence electrons. The van der Waals surface area contributed by atoms with Crippen molar-refractivity contribution < 1.29 is 96.8 Å². The number of aromatic amines is 2. The highest BCUT2D eigenvalue weighted by Crippen LogP contribution is 2.31. The van der Waals surface area contributed by atoms with Crippen LogP contribution in [0.1, 0.15) is 153 Å². The molecule has 9 rings (SSSR count). The van der Waals surface area contributed by atoms with Crippen LogP contribution in [0.3, 0.4) is 0 Å². The predicted octanol–water partition coefficient (Wildman–Crippen LogP) is -1.67. The first kappa shape index (κ1) is 107. The number of phenolic OH excluding ortho intramolecular Hbond substituents is 1. The molecule has 0 radical (unpaired) electrons. The number of guanidine groups is 1. The van der Waals surface area contributed by atoms with Gasteiger partial charge in [-0.2, -0.15) is 11.8 Å². The number of likely N-dealkylation sites (tertiary alicyclic amines) is 3. The second-order valence-electron chi connectivity index (χ2n) is 35.1. The number of unbranched alkanes of at least 4 members (excludes halogenated alkanes) is 2. The van der Waals surface area contributed by atoms with Gasteiger partial charge < -0.3 is 126 Å². The average molecular weight is 1940 g/mol. The number of aliphatic hydroxyl groups is 2. The number of carbonyl (C=O) groups is 17. The Morgan fingerprint density at radius 2 is 1.15 bits per heavy atom. The van der Waals surface area contributed by atoms with Crippen molar-refractivity contribution in [3.8, 4) is 5.75 Å². The molecule has 3 fully saturated rings. The molecule has 45 heteroatoms. The number of rotatable bonds is 53. The van der Waals surface area contributed by atoms with Gasteiger partial charge in [0, 0.05) is 112 Å². The van der Waals surface area contributed by atoms with Crippen LogP contribution < -0.4 is 76.1 Å². The largest absolute Gasteiger partial charge is 0.508 e. The maximum Gasteiger partial charge on any atom is 0.246 e. The lowest BCUT2D eigenvalue weighted by Gasteiger charge is -2.36. The molecule has 6 aromatic rings. The van der Waals surface area contributed by atoms with Gasteiger partial charge >= 0.3 is 0 Å². The third-order valence-corrected chi connectivity index (χ3v) is 26.4. The van der Waals surface area contributed by atoms with E-state index in [0.29, 0.717) is 65.4 Å². The summed E-state index contributed by atoms with van der Waals surface area (Å²) in [5.41, 5.74) is 24.6. The van der Waals surface area contributed by atoms with Crippen molar-refractivity contribution in [1.82, 2.24) is 92.6 Å². The summed E-state index contributed by atoms with van der Waals surface area (Å²) in [6.45, 7) is 5.79. The lowest BCUT2D eigenvalue weighted by molar-refractivity contribution is -0.149. The third kappa shape index (κ3) is 30.6. The van der Waals surface area contributed by atoms with Gasteiger partial charge in [-0.25, -0.2) is 4.98 Å². The molecular formula is C92H129N23O20S2. The number of nitrogens with zero attached hydrogens (tertiary/aromatic N) is 6. The summed E-state index contributed by atoms with van der Waals surface area (Å²) in [7, 11) is 2.84. The monoisotopic (exact) mass is 1940 g/mol. The Morgan fingerprint density at radius 1 is 0.569 bits per heavy atom. The van der Waals surface area contributed by atoms with E-state index in [1.165, 1.54) is 76.9 Å². The molecule has 0 spiro atoms. The summed E-state index contributed by atoms with van der Waals surface area (Å²) in [4.78, 5) is 258. The number of benzene rings is 3. The van der Waals surface area contributed by atoms with Crippen LogP contribution in [0.4, 0.5) is 0 Å². The molecule has 3 saturated heterocycles. The minimum Gasteiger partial charge on any atom is -0.508 e. The summed E-state index contributed by atoms with van der Waals surface area (Å²) in [5.74, 6) is -14.9. The van der Waals surface area contributed by atoms with Gasteiger partial charge in [0.05, 0.1) is 37.8 Å². The van der Waals surface area contributed by atoms with Crippen molar-refractivity contribution in [1.29, 1.82) is 5.41 Å². The van der Waals surface area contributed by atoms with Gasteiger partial charge in [-0.15, -0.1) is 11.3 Å². The smallest absolute Gasteiger partial charge is 0.246 e. The van der Waals surface area contributed by atoms with Crippen molar-refractivity contribution in [2.75, 3.05) is 64.9 Å². The summed E-state index contributed by atoms with van der Waals surface area (Å²) in [6, 6.07) is 1.35. The van der Waals surface area contributed by atoms with Gasteiger partial charge in [0.25, 0.3) is 0 Å². The number of imidazole rings is 1. The lowest BCUT2D eigenvalue weighted by Crippen LogP contribution is -2.62. The molecule has 3 aliphatic heterocycles. The van der Waals surface area contributed by atoms with Gasteiger partial charge in [-0.3, -0.25) is 86.9 Å². The Hall–Kier alpha value is -13.3. The Kier molecular flexibility index (Phi) is 40.9. The Bertz CT molecular complexity index is 5250. The number of hydrogen-bond donors (Lipinski definition) is 20. The molecule has 24 N–H and O–H groups in total. The first-order valence-electron chi connectivity index (χ1n) is 46.1. The first-order valence-corrected chi connectivity index (χ1v) is 48.1. The van der Waals surface area contributed by atoms with Crippen molar-refractivity contribution >= 4 is 150 Å². The van der Waals surface area contributed by atoms with Gasteiger partial charge in [-0.05, 0) is 122 Å². The van der Waals surface area contributed by atoms with E-state index >= 15 is 33.6 Å². The number of hydrogen-bond acceptors (Lipinski definition) is 24. The number of para-hydroxylation sites is 1. The summed E-state index contributed by atoms with van der Waals surface area (Å²) in [6.07, 6.45) is 4.14. The van der Waals surface area contributed by atoms with Crippen LogP contribution >= 0.6 is 23.1 Å². The fourth-order valence-corrected chi connectivity index (χ4v) is 18.9. The minimum absolute atomic E-state index is 0.00717. The van der Waals surface area contributed by atoms with Crippen LogP contribution in [0.25, 0.3) is 21.0 Å². The highest BCUT2D eigenvalue weighted by atomic mass is 32.2. The zero-order valence-electron chi connectivity index (χ0n) is 77.8.